The van der Waals surface area contributed by atoms with Gasteiger partial charge in [0.25, 0.3) is 0 Å². The third-order valence-corrected chi connectivity index (χ3v) is 5.15. The zero-order valence-corrected chi connectivity index (χ0v) is 12.1. The monoisotopic (exact) mass is 268 g/mol. The molecule has 0 aromatic heterocycles. The van der Waals surface area contributed by atoms with Crippen molar-refractivity contribution < 1.29 is 19.1 Å². The van der Waals surface area contributed by atoms with Crippen LogP contribution in [-0.4, -0.2) is 26.2 Å². The number of carbonyl (C=O) groups is 2. The molecule has 0 N–H and O–H groups in total. The Hall–Kier alpha value is -1.06. The van der Waals surface area contributed by atoms with Crippen molar-refractivity contribution in [1.29, 1.82) is 0 Å². The van der Waals surface area contributed by atoms with E-state index < -0.39 is 17.4 Å². The van der Waals surface area contributed by atoms with Gasteiger partial charge in [0.2, 0.25) is 0 Å². The summed E-state index contributed by atoms with van der Waals surface area (Å²) in [7, 11) is 2.73. The van der Waals surface area contributed by atoms with Crippen molar-refractivity contribution in [3.05, 3.63) is 0 Å². The molecule has 2 fully saturated rings. The Kier molecular flexibility index (Phi) is 4.16. The molecule has 2 aliphatic carbocycles. The highest BCUT2D eigenvalue weighted by molar-refractivity contribution is 6.01. The summed E-state index contributed by atoms with van der Waals surface area (Å²) in [5.74, 6) is 0.266. The molecule has 0 aromatic rings. The van der Waals surface area contributed by atoms with Crippen LogP contribution in [0.25, 0.3) is 0 Å². The number of methoxy groups -OCH3 is 2. The maximum Gasteiger partial charge on any atom is 0.323 e. The summed E-state index contributed by atoms with van der Waals surface area (Å²) in [6.45, 7) is 2.15. The second-order valence-corrected chi connectivity index (χ2v) is 5.91. The molecule has 19 heavy (non-hydrogen) atoms. The third kappa shape index (κ3) is 2.05. The van der Waals surface area contributed by atoms with E-state index in [1.54, 1.807) is 0 Å². The molecule has 0 heterocycles. The molecule has 0 aromatic carbocycles. The molecule has 2 rings (SSSR count). The van der Waals surface area contributed by atoms with Crippen LogP contribution < -0.4 is 0 Å². The molecule has 0 radical (unpaired) electrons. The van der Waals surface area contributed by atoms with Crippen molar-refractivity contribution in [2.24, 2.45) is 23.2 Å². The lowest BCUT2D eigenvalue weighted by molar-refractivity contribution is -0.172. The fourth-order valence-corrected chi connectivity index (χ4v) is 4.49. The van der Waals surface area contributed by atoms with E-state index in [1.807, 2.05) is 0 Å². The average Bonchev–Trinajstić information content (AvgIpc) is 3.00. The van der Waals surface area contributed by atoms with E-state index in [-0.39, 0.29) is 5.92 Å². The molecule has 0 aliphatic heterocycles. The van der Waals surface area contributed by atoms with Gasteiger partial charge in [-0.3, -0.25) is 9.59 Å². The number of carbonyl (C=O) groups excluding carboxylic acids is 2. The quantitative estimate of drug-likeness (QED) is 0.581. The molecule has 0 spiro atoms. The van der Waals surface area contributed by atoms with Crippen molar-refractivity contribution >= 4 is 11.9 Å². The van der Waals surface area contributed by atoms with Gasteiger partial charge in [-0.15, -0.1) is 0 Å². The zero-order valence-electron chi connectivity index (χ0n) is 12.1. The van der Waals surface area contributed by atoms with Crippen LogP contribution in [0.4, 0.5) is 0 Å². The third-order valence-electron chi connectivity index (χ3n) is 5.15. The molecule has 2 unspecified atom stereocenters. The Labute approximate surface area is 114 Å². The predicted molar refractivity (Wildman–Crippen MR) is 70.3 cm³/mol. The minimum Gasteiger partial charge on any atom is -0.468 e. The van der Waals surface area contributed by atoms with E-state index in [1.165, 1.54) is 14.2 Å². The molecule has 0 bridgehead atoms. The average molecular weight is 268 g/mol. The van der Waals surface area contributed by atoms with Gasteiger partial charge in [0.05, 0.1) is 14.2 Å². The summed E-state index contributed by atoms with van der Waals surface area (Å²) in [6, 6.07) is 0. The summed E-state index contributed by atoms with van der Waals surface area (Å²) < 4.78 is 9.91. The number of esters is 2. The normalized spacial score (nSPS) is 31.8. The molecule has 0 saturated heterocycles. The van der Waals surface area contributed by atoms with Crippen molar-refractivity contribution in [3.63, 3.8) is 0 Å². The van der Waals surface area contributed by atoms with Gasteiger partial charge < -0.3 is 9.47 Å². The highest BCUT2D eigenvalue weighted by Gasteiger charge is 2.64. The maximum atomic E-state index is 12.3. The van der Waals surface area contributed by atoms with Crippen LogP contribution in [0, 0.1) is 23.2 Å². The number of hydrogen-bond acceptors (Lipinski definition) is 4. The summed E-state index contributed by atoms with van der Waals surface area (Å²) in [6.07, 6.45) is 5.95. The van der Waals surface area contributed by atoms with Crippen molar-refractivity contribution in [3.8, 4) is 0 Å². The fraction of sp³-hybridized carbons (Fsp3) is 0.867. The van der Waals surface area contributed by atoms with Gasteiger partial charge in [0, 0.05) is 0 Å². The molecule has 2 saturated carbocycles. The van der Waals surface area contributed by atoms with Crippen molar-refractivity contribution in [2.75, 3.05) is 14.2 Å². The molecule has 4 heteroatoms. The van der Waals surface area contributed by atoms with Gasteiger partial charge in [0.1, 0.15) is 0 Å². The van der Waals surface area contributed by atoms with E-state index in [0.29, 0.717) is 18.3 Å². The molecule has 4 nitrogen and oxygen atoms in total. The first-order chi connectivity index (χ1) is 9.11. The summed E-state index contributed by atoms with van der Waals surface area (Å²) in [5.41, 5.74) is -1.04. The molecular formula is C15H24O4. The van der Waals surface area contributed by atoms with E-state index in [2.05, 4.69) is 6.92 Å². The molecular weight excluding hydrogens is 244 g/mol. The van der Waals surface area contributed by atoms with Gasteiger partial charge in [-0.05, 0) is 37.0 Å². The van der Waals surface area contributed by atoms with Crippen molar-refractivity contribution in [1.82, 2.24) is 0 Å². The van der Waals surface area contributed by atoms with Crippen LogP contribution in [0.5, 0.6) is 0 Å². The number of fused-ring (bicyclic) bond motifs is 1. The summed E-state index contributed by atoms with van der Waals surface area (Å²) in [5, 5.41) is 0. The standard InChI is InChI=1S/C15H24O4/c1-4-6-10-9-15(13(16)18-2,14(17)19-3)12-8-5-7-11(10)12/h10-12H,4-9H2,1-3H3/t10-,11?,12?/m1/s1. The number of hydrogen-bond donors (Lipinski definition) is 0. The van der Waals surface area contributed by atoms with Crippen LogP contribution in [-0.2, 0) is 19.1 Å². The largest absolute Gasteiger partial charge is 0.468 e. The lowest BCUT2D eigenvalue weighted by atomic mass is 9.76. The van der Waals surface area contributed by atoms with Crippen LogP contribution in [0.15, 0.2) is 0 Å². The maximum absolute atomic E-state index is 12.3. The minimum atomic E-state index is -1.04. The Morgan fingerprint density at radius 3 is 2.32 bits per heavy atom. The van der Waals surface area contributed by atoms with Gasteiger partial charge in [-0.25, -0.2) is 0 Å². The highest BCUT2D eigenvalue weighted by atomic mass is 16.5. The van der Waals surface area contributed by atoms with E-state index in [4.69, 9.17) is 9.47 Å². The minimum absolute atomic E-state index is 0.115. The van der Waals surface area contributed by atoms with Crippen LogP contribution >= 0.6 is 0 Å². The van der Waals surface area contributed by atoms with Gasteiger partial charge >= 0.3 is 11.9 Å². The Balaban J connectivity index is 2.37. The first-order valence-electron chi connectivity index (χ1n) is 7.28. The fourth-order valence-electron chi connectivity index (χ4n) is 4.49. The zero-order chi connectivity index (χ0) is 14.0. The van der Waals surface area contributed by atoms with Crippen LogP contribution in [0.1, 0.15) is 45.4 Å². The van der Waals surface area contributed by atoms with Gasteiger partial charge in [-0.2, -0.15) is 0 Å². The SMILES string of the molecule is CCC[C@@H]1CC(C(=O)OC)(C(=O)OC)C2CCCC21. The lowest BCUT2D eigenvalue weighted by Crippen LogP contribution is -2.44. The Bertz CT molecular complexity index is 347. The van der Waals surface area contributed by atoms with Crippen molar-refractivity contribution in [2.45, 2.75) is 45.4 Å². The van der Waals surface area contributed by atoms with E-state index >= 15 is 0 Å². The second-order valence-electron chi connectivity index (χ2n) is 5.91. The molecule has 108 valence electrons. The molecule has 0 amide bonds. The Morgan fingerprint density at radius 2 is 1.79 bits per heavy atom. The van der Waals surface area contributed by atoms with Crippen LogP contribution in [0.2, 0.25) is 0 Å². The topological polar surface area (TPSA) is 52.6 Å². The smallest absolute Gasteiger partial charge is 0.323 e. The lowest BCUT2D eigenvalue weighted by Gasteiger charge is -2.29. The second kappa shape index (κ2) is 5.51. The number of ether oxygens (including phenoxy) is 2. The molecule has 2 aliphatic rings. The summed E-state index contributed by atoms with van der Waals surface area (Å²) in [4.78, 5) is 24.6. The number of rotatable bonds is 4. The van der Waals surface area contributed by atoms with E-state index in [0.717, 1.165) is 32.1 Å². The first kappa shape index (κ1) is 14.4. The Morgan fingerprint density at radius 1 is 1.16 bits per heavy atom. The van der Waals surface area contributed by atoms with Gasteiger partial charge in [0.15, 0.2) is 5.41 Å². The summed E-state index contributed by atoms with van der Waals surface area (Å²) >= 11 is 0. The molecule has 3 atom stereocenters. The van der Waals surface area contributed by atoms with Crippen LogP contribution in [0.3, 0.4) is 0 Å². The van der Waals surface area contributed by atoms with E-state index in [9.17, 15) is 9.59 Å². The first-order valence-corrected chi connectivity index (χ1v) is 7.28. The van der Waals surface area contributed by atoms with Gasteiger partial charge in [-0.1, -0.05) is 26.2 Å². The highest BCUT2D eigenvalue weighted by Crippen LogP contribution is 2.59. The predicted octanol–water partition coefficient (Wildman–Crippen LogP) is 2.56.